The second-order valence-corrected chi connectivity index (χ2v) is 11.2. The number of nitrogen functional groups attached to an aromatic ring is 1. The molecule has 0 spiro atoms. The van der Waals surface area contributed by atoms with Crippen molar-refractivity contribution in [2.24, 2.45) is 0 Å². The Balaban J connectivity index is 1.11. The number of epoxide rings is 1. The van der Waals surface area contributed by atoms with E-state index in [0.29, 0.717) is 36.2 Å². The molecular weight excluding hydrogens is 530 g/mol. The highest BCUT2D eigenvalue weighted by Gasteiger charge is 2.37. The van der Waals surface area contributed by atoms with Crippen LogP contribution in [0.15, 0.2) is 67.1 Å². The molecule has 3 aliphatic rings. The Morgan fingerprint density at radius 3 is 2.69 bits per heavy atom. The number of nitrogens with one attached hydrogen (secondary N) is 1. The molecule has 11 heteroatoms. The highest BCUT2D eigenvalue weighted by atomic mass is 16.6. The summed E-state index contributed by atoms with van der Waals surface area (Å²) in [5, 5.41) is 8.26. The first-order valence-electron chi connectivity index (χ1n) is 14.5. The molecule has 0 saturated carbocycles. The van der Waals surface area contributed by atoms with Gasteiger partial charge in [0.1, 0.15) is 11.3 Å². The molecule has 42 heavy (non-hydrogen) atoms. The fraction of sp³-hybridized carbons (Fsp3) is 0.323. The molecular formula is C31H31N9O2. The van der Waals surface area contributed by atoms with Crippen molar-refractivity contribution in [1.29, 1.82) is 0 Å². The Kier molecular flexibility index (Phi) is 6.00. The van der Waals surface area contributed by atoms with E-state index in [4.69, 9.17) is 20.4 Å². The summed E-state index contributed by atoms with van der Waals surface area (Å²) >= 11 is 0. The van der Waals surface area contributed by atoms with Gasteiger partial charge in [-0.3, -0.25) is 9.36 Å². The molecule has 2 saturated heterocycles. The molecule has 3 N–H and O–H groups in total. The maximum atomic E-state index is 12.4. The lowest BCUT2D eigenvalue weighted by atomic mass is 10.0. The molecule has 8 rings (SSSR count). The van der Waals surface area contributed by atoms with Gasteiger partial charge >= 0.3 is 0 Å². The number of carbonyl (C=O) groups excluding carboxylic acids is 1. The van der Waals surface area contributed by atoms with Crippen molar-refractivity contribution in [1.82, 2.24) is 39.5 Å². The van der Waals surface area contributed by atoms with Gasteiger partial charge in [0, 0.05) is 49.5 Å². The van der Waals surface area contributed by atoms with Crippen molar-refractivity contribution in [3.63, 3.8) is 0 Å². The Morgan fingerprint density at radius 1 is 1.02 bits per heavy atom. The number of piperidine rings is 1. The summed E-state index contributed by atoms with van der Waals surface area (Å²) in [5.41, 5.74) is 12.2. The van der Waals surface area contributed by atoms with Gasteiger partial charge in [0.25, 0.3) is 5.91 Å². The van der Waals surface area contributed by atoms with Crippen LogP contribution in [-0.2, 0) is 16.0 Å². The molecule has 4 aromatic heterocycles. The molecule has 1 amide bonds. The molecule has 11 nitrogen and oxygen atoms in total. The number of ether oxygens (including phenoxy) is 1. The normalized spacial score (nSPS) is 20.2. The van der Waals surface area contributed by atoms with Crippen LogP contribution in [0.2, 0.25) is 0 Å². The summed E-state index contributed by atoms with van der Waals surface area (Å²) in [4.78, 5) is 28.6. The molecule has 0 radical (unpaired) electrons. The van der Waals surface area contributed by atoms with Crippen LogP contribution in [0.3, 0.4) is 0 Å². The number of likely N-dealkylation sites (tertiary alicyclic amines) is 1. The van der Waals surface area contributed by atoms with E-state index in [2.05, 4.69) is 38.2 Å². The summed E-state index contributed by atoms with van der Waals surface area (Å²) in [5.74, 6) is 1.98. The van der Waals surface area contributed by atoms with E-state index < -0.39 is 0 Å². The number of imidazole rings is 1. The van der Waals surface area contributed by atoms with Crippen molar-refractivity contribution < 1.29 is 9.53 Å². The third-order valence-electron chi connectivity index (χ3n) is 8.62. The standard InChI is InChI=1S/C31H31N9O2/c32-28-23(3-1-12-33-28)29-36-25-8-9-27(39-14-2-13-34-39)37-30(25)40(29)21-5-6-22-19(17-21)4-7-24(22)35-20-10-15-38(16-11-20)31(41)26-18-42-26/h1-3,5-6,8-9,12-14,17,20,24,26,35H,4,7,10-11,15-16,18H2,(H2,32,33)/t24-,26-/m0/s1. The summed E-state index contributed by atoms with van der Waals surface area (Å²) in [7, 11) is 0. The van der Waals surface area contributed by atoms with Crippen molar-refractivity contribution >= 4 is 22.9 Å². The van der Waals surface area contributed by atoms with Gasteiger partial charge in [-0.1, -0.05) is 6.07 Å². The third-order valence-corrected chi connectivity index (χ3v) is 8.62. The first-order chi connectivity index (χ1) is 20.6. The van der Waals surface area contributed by atoms with Crippen LogP contribution in [0, 0.1) is 0 Å². The lowest BCUT2D eigenvalue weighted by Crippen LogP contribution is -2.46. The number of carbonyl (C=O) groups is 1. The quantitative estimate of drug-likeness (QED) is 0.302. The Labute approximate surface area is 242 Å². The second kappa shape index (κ2) is 10.0. The van der Waals surface area contributed by atoms with Crippen molar-refractivity contribution in [3.05, 3.63) is 78.2 Å². The number of fused-ring (bicyclic) bond motifs is 2. The molecule has 5 aromatic rings. The zero-order valence-electron chi connectivity index (χ0n) is 23.1. The van der Waals surface area contributed by atoms with Gasteiger partial charge in [0.15, 0.2) is 23.4 Å². The van der Waals surface area contributed by atoms with E-state index in [-0.39, 0.29) is 12.0 Å². The lowest BCUT2D eigenvalue weighted by Gasteiger charge is -2.34. The molecule has 0 unspecified atom stereocenters. The molecule has 1 aliphatic carbocycles. The summed E-state index contributed by atoms with van der Waals surface area (Å²) < 4.78 is 9.01. The molecule has 1 aromatic carbocycles. The van der Waals surface area contributed by atoms with E-state index in [0.717, 1.165) is 61.2 Å². The van der Waals surface area contributed by atoms with Crippen molar-refractivity contribution in [2.45, 2.75) is 43.9 Å². The fourth-order valence-electron chi connectivity index (χ4n) is 6.37. The fourth-order valence-corrected chi connectivity index (χ4v) is 6.37. The van der Waals surface area contributed by atoms with Gasteiger partial charge in [-0.25, -0.2) is 19.6 Å². The molecule has 2 aliphatic heterocycles. The van der Waals surface area contributed by atoms with Crippen molar-refractivity contribution in [2.75, 3.05) is 25.4 Å². The number of benzene rings is 1. The molecule has 6 heterocycles. The number of amides is 1. The molecule has 212 valence electrons. The number of rotatable bonds is 6. The number of hydrogen-bond donors (Lipinski definition) is 2. The zero-order valence-corrected chi connectivity index (χ0v) is 23.1. The first-order valence-corrected chi connectivity index (χ1v) is 14.5. The average molecular weight is 562 g/mol. The van der Waals surface area contributed by atoms with Crippen LogP contribution >= 0.6 is 0 Å². The van der Waals surface area contributed by atoms with E-state index in [1.807, 2.05) is 41.4 Å². The topological polar surface area (TPSA) is 132 Å². The van der Waals surface area contributed by atoms with Crippen molar-refractivity contribution in [3.8, 4) is 22.9 Å². The predicted molar refractivity (Wildman–Crippen MR) is 157 cm³/mol. The maximum absolute atomic E-state index is 12.4. The minimum atomic E-state index is -0.194. The first kappa shape index (κ1) is 25.1. The summed E-state index contributed by atoms with van der Waals surface area (Å²) in [6.07, 6.45) is 9.06. The Morgan fingerprint density at radius 2 is 1.90 bits per heavy atom. The molecule has 2 atom stereocenters. The van der Waals surface area contributed by atoms with E-state index >= 15 is 0 Å². The van der Waals surface area contributed by atoms with Crippen LogP contribution in [-0.4, -0.2) is 71.9 Å². The number of nitrogens with two attached hydrogens (primary N) is 1. The smallest absolute Gasteiger partial charge is 0.254 e. The van der Waals surface area contributed by atoms with Gasteiger partial charge in [-0.2, -0.15) is 5.10 Å². The monoisotopic (exact) mass is 561 g/mol. The minimum Gasteiger partial charge on any atom is -0.383 e. The van der Waals surface area contributed by atoms with Gasteiger partial charge in [0.05, 0.1) is 12.2 Å². The van der Waals surface area contributed by atoms with E-state index in [1.165, 1.54) is 11.1 Å². The summed E-state index contributed by atoms with van der Waals surface area (Å²) in [6, 6.07) is 16.9. The predicted octanol–water partition coefficient (Wildman–Crippen LogP) is 3.22. The maximum Gasteiger partial charge on any atom is 0.254 e. The van der Waals surface area contributed by atoms with Crippen LogP contribution in [0.25, 0.3) is 34.1 Å². The van der Waals surface area contributed by atoms with Crippen LogP contribution in [0.4, 0.5) is 5.82 Å². The third kappa shape index (κ3) is 4.41. The summed E-state index contributed by atoms with van der Waals surface area (Å²) in [6.45, 7) is 2.15. The van der Waals surface area contributed by atoms with Gasteiger partial charge in [0.2, 0.25) is 0 Å². The van der Waals surface area contributed by atoms with Gasteiger partial charge in [-0.15, -0.1) is 0 Å². The minimum absolute atomic E-state index is 0.151. The number of aryl methyl sites for hydroxylation is 1. The Bertz CT molecular complexity index is 1790. The largest absolute Gasteiger partial charge is 0.383 e. The zero-order chi connectivity index (χ0) is 28.2. The number of aromatic nitrogens is 6. The lowest BCUT2D eigenvalue weighted by molar-refractivity contribution is -0.133. The molecule has 2 fully saturated rings. The van der Waals surface area contributed by atoms with Crippen LogP contribution in [0.5, 0.6) is 0 Å². The van der Waals surface area contributed by atoms with Crippen LogP contribution in [0.1, 0.15) is 36.4 Å². The number of nitrogens with zero attached hydrogens (tertiary/aromatic N) is 7. The highest BCUT2D eigenvalue weighted by Crippen LogP contribution is 2.36. The van der Waals surface area contributed by atoms with E-state index in [9.17, 15) is 4.79 Å². The van der Waals surface area contributed by atoms with Gasteiger partial charge in [-0.05, 0) is 79.3 Å². The number of pyridine rings is 2. The average Bonchev–Trinajstić information content (AvgIpc) is 3.39. The SMILES string of the molecule is Nc1ncccc1-c1nc2ccc(-n3cccn3)nc2n1-c1ccc2c(c1)CC[C@@H]2NC1CCN(C(=O)[C@@H]2CO2)CC1. The number of anilines is 1. The van der Waals surface area contributed by atoms with Crippen LogP contribution < -0.4 is 11.1 Å². The number of hydrogen-bond acceptors (Lipinski definition) is 8. The van der Waals surface area contributed by atoms with Gasteiger partial charge < -0.3 is 20.7 Å². The van der Waals surface area contributed by atoms with E-state index in [1.54, 1.807) is 17.1 Å². The second-order valence-electron chi connectivity index (χ2n) is 11.2. The highest BCUT2D eigenvalue weighted by molar-refractivity contribution is 5.84. The molecule has 0 bridgehead atoms. The Hall–Kier alpha value is -4.61.